The van der Waals surface area contributed by atoms with Crippen LogP contribution in [0.25, 0.3) is 0 Å². The molecule has 0 fully saturated rings. The van der Waals surface area contributed by atoms with Crippen molar-refractivity contribution < 1.29 is 23.4 Å². The largest absolute Gasteiger partial charge is 0.475 e. The van der Waals surface area contributed by atoms with Gasteiger partial charge in [0, 0.05) is 6.04 Å². The number of halogens is 2. The molecule has 2 N–H and O–H groups in total. The zero-order chi connectivity index (χ0) is 16.0. The molecule has 2 atom stereocenters. The smallest absolute Gasteiger partial charge is 0.260 e. The number of amides is 1. The first-order valence-corrected chi connectivity index (χ1v) is 6.94. The van der Waals surface area contributed by atoms with E-state index in [4.69, 9.17) is 9.84 Å². The van der Waals surface area contributed by atoms with Gasteiger partial charge in [0.15, 0.2) is 23.5 Å². The third-order valence-corrected chi connectivity index (χ3v) is 3.01. The molecule has 1 amide bonds. The highest BCUT2D eigenvalue weighted by atomic mass is 19.1. The Balaban J connectivity index is 2.74. The van der Waals surface area contributed by atoms with E-state index in [9.17, 15) is 13.6 Å². The minimum atomic E-state index is -1.02. The van der Waals surface area contributed by atoms with Crippen molar-refractivity contribution in [2.24, 2.45) is 0 Å². The fraction of sp³-hybridized carbons (Fsp3) is 0.533. The Morgan fingerprint density at radius 2 is 1.90 bits per heavy atom. The molecule has 0 radical (unpaired) electrons. The fourth-order valence-electron chi connectivity index (χ4n) is 1.91. The molecule has 0 heterocycles. The predicted octanol–water partition coefficient (Wildman–Crippen LogP) is 2.53. The molecule has 1 rings (SSSR count). The zero-order valence-corrected chi connectivity index (χ0v) is 12.5. The molecule has 0 saturated carbocycles. The third-order valence-electron chi connectivity index (χ3n) is 3.01. The maximum atomic E-state index is 13.7. The van der Waals surface area contributed by atoms with Crippen molar-refractivity contribution in [2.75, 3.05) is 0 Å². The summed E-state index contributed by atoms with van der Waals surface area (Å²) in [4.78, 5) is 11.9. The topological polar surface area (TPSA) is 58.6 Å². The van der Waals surface area contributed by atoms with E-state index in [0.717, 1.165) is 25.0 Å². The molecular formula is C15H21F2NO3. The number of hydrogen-bond donors (Lipinski definition) is 2. The van der Waals surface area contributed by atoms with Gasteiger partial charge in [-0.15, -0.1) is 0 Å². The Labute approximate surface area is 123 Å². The summed E-state index contributed by atoms with van der Waals surface area (Å²) in [5.41, 5.74) is 0.103. The van der Waals surface area contributed by atoms with Gasteiger partial charge in [0.25, 0.3) is 5.91 Å². The van der Waals surface area contributed by atoms with Crippen LogP contribution in [0.5, 0.6) is 5.75 Å². The van der Waals surface area contributed by atoms with Crippen LogP contribution in [0, 0.1) is 11.6 Å². The molecular weight excluding hydrogens is 280 g/mol. The second kappa shape index (κ2) is 7.93. The number of ether oxygens (including phenoxy) is 1. The first-order valence-electron chi connectivity index (χ1n) is 6.94. The summed E-state index contributed by atoms with van der Waals surface area (Å²) in [7, 11) is 0. The Kier molecular flexibility index (Phi) is 6.55. The van der Waals surface area contributed by atoms with Gasteiger partial charge in [-0.1, -0.05) is 13.3 Å². The van der Waals surface area contributed by atoms with Crippen molar-refractivity contribution >= 4 is 5.91 Å². The van der Waals surface area contributed by atoms with Crippen LogP contribution in [0.4, 0.5) is 8.78 Å². The molecule has 118 valence electrons. The summed E-state index contributed by atoms with van der Waals surface area (Å²) >= 11 is 0. The molecule has 0 aromatic heterocycles. The highest BCUT2D eigenvalue weighted by Crippen LogP contribution is 2.24. The van der Waals surface area contributed by atoms with Crippen molar-refractivity contribution in [2.45, 2.75) is 52.4 Å². The summed E-state index contributed by atoms with van der Waals surface area (Å²) in [6.45, 7) is 4.80. The lowest BCUT2D eigenvalue weighted by Crippen LogP contribution is -2.41. The van der Waals surface area contributed by atoms with Crippen LogP contribution in [0.15, 0.2) is 12.1 Å². The molecule has 6 heteroatoms. The molecule has 1 aromatic rings. The van der Waals surface area contributed by atoms with E-state index < -0.39 is 36.0 Å². The van der Waals surface area contributed by atoms with E-state index in [1.165, 1.54) is 6.92 Å². The number of aliphatic hydroxyl groups is 1. The number of aliphatic hydroxyl groups excluding tert-OH is 1. The molecule has 4 nitrogen and oxygen atoms in total. The van der Waals surface area contributed by atoms with Crippen molar-refractivity contribution in [3.63, 3.8) is 0 Å². The van der Waals surface area contributed by atoms with Gasteiger partial charge < -0.3 is 15.2 Å². The predicted molar refractivity (Wildman–Crippen MR) is 74.9 cm³/mol. The Morgan fingerprint density at radius 3 is 2.38 bits per heavy atom. The number of nitrogens with one attached hydrogen (secondary N) is 1. The van der Waals surface area contributed by atoms with Gasteiger partial charge in [0.05, 0.1) is 6.61 Å². The minimum Gasteiger partial charge on any atom is -0.475 e. The van der Waals surface area contributed by atoms with Gasteiger partial charge in [-0.05, 0) is 38.0 Å². The number of rotatable bonds is 7. The van der Waals surface area contributed by atoms with Gasteiger partial charge in [-0.25, -0.2) is 8.78 Å². The van der Waals surface area contributed by atoms with Crippen LogP contribution >= 0.6 is 0 Å². The molecule has 0 aliphatic rings. The van der Waals surface area contributed by atoms with Crippen molar-refractivity contribution in [3.05, 3.63) is 29.3 Å². The van der Waals surface area contributed by atoms with Gasteiger partial charge in [-0.3, -0.25) is 4.79 Å². The lowest BCUT2D eigenvalue weighted by Gasteiger charge is -2.19. The summed E-state index contributed by atoms with van der Waals surface area (Å²) < 4.78 is 32.5. The van der Waals surface area contributed by atoms with Crippen molar-refractivity contribution in [1.29, 1.82) is 0 Å². The van der Waals surface area contributed by atoms with Gasteiger partial charge in [-0.2, -0.15) is 0 Å². The van der Waals surface area contributed by atoms with Crippen LogP contribution in [0.3, 0.4) is 0 Å². The van der Waals surface area contributed by atoms with Crippen LogP contribution in [-0.4, -0.2) is 23.2 Å². The zero-order valence-electron chi connectivity index (χ0n) is 12.5. The molecule has 0 bridgehead atoms. The maximum Gasteiger partial charge on any atom is 0.260 e. The van der Waals surface area contributed by atoms with E-state index in [1.807, 2.05) is 13.8 Å². The van der Waals surface area contributed by atoms with Crippen molar-refractivity contribution in [3.8, 4) is 5.75 Å². The average Bonchev–Trinajstić information content (AvgIpc) is 2.42. The third kappa shape index (κ3) is 4.97. The van der Waals surface area contributed by atoms with Gasteiger partial charge >= 0.3 is 0 Å². The van der Waals surface area contributed by atoms with Crippen LogP contribution in [0.2, 0.25) is 0 Å². The standard InChI is InChI=1S/C15H21F2NO3/c1-4-5-9(2)18-15(20)10(3)21-14-12(16)6-11(8-19)7-13(14)17/h6-7,9-10,19H,4-5,8H2,1-3H3,(H,18,20). The van der Waals surface area contributed by atoms with Gasteiger partial charge in [0.1, 0.15) is 0 Å². The Bertz CT molecular complexity index is 471. The first-order chi connectivity index (χ1) is 9.88. The SMILES string of the molecule is CCCC(C)NC(=O)C(C)Oc1c(F)cc(CO)cc1F. The maximum absolute atomic E-state index is 13.7. The van der Waals surface area contributed by atoms with E-state index in [-0.39, 0.29) is 11.6 Å². The second-order valence-electron chi connectivity index (χ2n) is 5.01. The van der Waals surface area contributed by atoms with E-state index in [0.29, 0.717) is 0 Å². The lowest BCUT2D eigenvalue weighted by molar-refractivity contribution is -0.128. The van der Waals surface area contributed by atoms with Crippen LogP contribution in [0.1, 0.15) is 39.2 Å². The quantitative estimate of drug-likeness (QED) is 0.813. The summed E-state index contributed by atoms with van der Waals surface area (Å²) in [6, 6.07) is 1.92. The number of carbonyl (C=O) groups is 1. The van der Waals surface area contributed by atoms with Crippen molar-refractivity contribution in [1.82, 2.24) is 5.32 Å². The average molecular weight is 301 g/mol. The molecule has 0 saturated heterocycles. The molecule has 0 spiro atoms. The summed E-state index contributed by atoms with van der Waals surface area (Å²) in [5, 5.41) is 11.6. The fourth-order valence-corrected chi connectivity index (χ4v) is 1.91. The van der Waals surface area contributed by atoms with Crippen LogP contribution < -0.4 is 10.1 Å². The Hall–Kier alpha value is -1.69. The monoisotopic (exact) mass is 301 g/mol. The first kappa shape index (κ1) is 17.4. The second-order valence-corrected chi connectivity index (χ2v) is 5.01. The highest BCUT2D eigenvalue weighted by Gasteiger charge is 2.21. The number of carbonyl (C=O) groups excluding carboxylic acids is 1. The van der Waals surface area contributed by atoms with Gasteiger partial charge in [0.2, 0.25) is 0 Å². The number of benzene rings is 1. The van der Waals surface area contributed by atoms with E-state index in [2.05, 4.69) is 5.32 Å². The number of hydrogen-bond acceptors (Lipinski definition) is 3. The molecule has 0 aliphatic heterocycles. The molecule has 2 unspecified atom stereocenters. The Morgan fingerprint density at radius 1 is 1.33 bits per heavy atom. The molecule has 21 heavy (non-hydrogen) atoms. The molecule has 1 aromatic carbocycles. The highest BCUT2D eigenvalue weighted by molar-refractivity contribution is 5.80. The molecule has 0 aliphatic carbocycles. The van der Waals surface area contributed by atoms with E-state index in [1.54, 1.807) is 0 Å². The normalized spacial score (nSPS) is 13.6. The van der Waals surface area contributed by atoms with E-state index >= 15 is 0 Å². The lowest BCUT2D eigenvalue weighted by atomic mass is 10.2. The summed E-state index contributed by atoms with van der Waals surface area (Å²) in [6.07, 6.45) is 0.711. The summed E-state index contributed by atoms with van der Waals surface area (Å²) in [5.74, 6) is -2.93. The minimum absolute atomic E-state index is 0.0278. The van der Waals surface area contributed by atoms with Crippen LogP contribution in [-0.2, 0) is 11.4 Å².